The van der Waals surface area contributed by atoms with Crippen molar-refractivity contribution in [2.24, 2.45) is 5.41 Å². The van der Waals surface area contributed by atoms with Crippen LogP contribution in [0.15, 0.2) is 24.3 Å². The van der Waals surface area contributed by atoms with Crippen molar-refractivity contribution < 1.29 is 19.4 Å². The third-order valence-corrected chi connectivity index (χ3v) is 5.31. The van der Waals surface area contributed by atoms with Crippen LogP contribution in [0.25, 0.3) is 0 Å². The number of benzene rings is 1. The molecule has 2 fully saturated rings. The molecule has 1 unspecified atom stereocenters. The molecule has 1 atom stereocenters. The first-order valence-electron chi connectivity index (χ1n) is 9.11. The number of piperazine rings is 1. The van der Waals surface area contributed by atoms with E-state index in [0.717, 1.165) is 24.4 Å². The van der Waals surface area contributed by atoms with Gasteiger partial charge in [0.25, 0.3) is 6.47 Å². The van der Waals surface area contributed by atoms with E-state index in [-0.39, 0.29) is 12.4 Å². The van der Waals surface area contributed by atoms with Gasteiger partial charge in [-0.05, 0) is 42.4 Å². The summed E-state index contributed by atoms with van der Waals surface area (Å²) in [4.78, 5) is 25.3. The predicted octanol–water partition coefficient (Wildman–Crippen LogP) is 2.62. The molecule has 1 heterocycles. The molecule has 1 aromatic carbocycles. The molecular formula is C20H30N2O4. The Bertz CT molecular complexity index is 618. The van der Waals surface area contributed by atoms with Gasteiger partial charge in [-0.25, -0.2) is 0 Å². The van der Waals surface area contributed by atoms with Crippen LogP contribution in [0.3, 0.4) is 0 Å². The van der Waals surface area contributed by atoms with Gasteiger partial charge in [-0.1, -0.05) is 26.0 Å². The standard InChI is InChI=1S/C19H28N2O2.CH2O2/c1-19(2)8-7-16(12-19)20-9-10-21(18(22)14-20)13-15-5-4-6-17(11-15)23-3;2-1-3/h4-6,11,16H,7-10,12-14H2,1-3H3;1H,(H,2,3). The average Bonchev–Trinajstić information content (AvgIpc) is 2.97. The summed E-state index contributed by atoms with van der Waals surface area (Å²) in [6, 6.07) is 8.58. The highest BCUT2D eigenvalue weighted by atomic mass is 16.5. The number of methoxy groups -OCH3 is 1. The van der Waals surface area contributed by atoms with Gasteiger partial charge >= 0.3 is 0 Å². The predicted molar refractivity (Wildman–Crippen MR) is 100 cm³/mol. The van der Waals surface area contributed by atoms with Crippen LogP contribution < -0.4 is 4.74 Å². The quantitative estimate of drug-likeness (QED) is 0.834. The summed E-state index contributed by atoms with van der Waals surface area (Å²) in [6.07, 6.45) is 3.72. The van der Waals surface area contributed by atoms with Crippen LogP contribution in [0.5, 0.6) is 5.75 Å². The molecule has 0 aromatic heterocycles. The van der Waals surface area contributed by atoms with E-state index in [1.54, 1.807) is 7.11 Å². The average molecular weight is 362 g/mol. The Kier molecular flexibility index (Phi) is 7.03. The summed E-state index contributed by atoms with van der Waals surface area (Å²) in [7, 11) is 1.67. The molecule has 1 aliphatic carbocycles. The first-order valence-corrected chi connectivity index (χ1v) is 9.11. The lowest BCUT2D eigenvalue weighted by Gasteiger charge is -2.38. The van der Waals surface area contributed by atoms with Crippen LogP contribution in [-0.2, 0) is 16.1 Å². The lowest BCUT2D eigenvalue weighted by Crippen LogP contribution is -2.52. The number of rotatable bonds is 4. The summed E-state index contributed by atoms with van der Waals surface area (Å²) < 4.78 is 5.26. The number of hydrogen-bond donors (Lipinski definition) is 1. The van der Waals surface area contributed by atoms with E-state index in [0.29, 0.717) is 24.5 Å². The van der Waals surface area contributed by atoms with E-state index >= 15 is 0 Å². The van der Waals surface area contributed by atoms with E-state index in [1.807, 2.05) is 23.1 Å². The molecular weight excluding hydrogens is 332 g/mol. The molecule has 0 spiro atoms. The molecule has 144 valence electrons. The highest BCUT2D eigenvalue weighted by molar-refractivity contribution is 5.79. The van der Waals surface area contributed by atoms with Gasteiger partial charge in [0.1, 0.15) is 5.75 Å². The van der Waals surface area contributed by atoms with Gasteiger partial charge in [-0.2, -0.15) is 0 Å². The number of carboxylic acid groups (broad SMARTS) is 1. The lowest BCUT2D eigenvalue weighted by molar-refractivity contribution is -0.137. The van der Waals surface area contributed by atoms with Crippen molar-refractivity contribution >= 4 is 12.4 Å². The van der Waals surface area contributed by atoms with Crippen molar-refractivity contribution in [3.05, 3.63) is 29.8 Å². The second kappa shape index (κ2) is 9.03. The Morgan fingerprint density at radius 3 is 2.65 bits per heavy atom. The van der Waals surface area contributed by atoms with Gasteiger partial charge < -0.3 is 14.7 Å². The lowest BCUT2D eigenvalue weighted by atomic mass is 9.91. The zero-order valence-electron chi connectivity index (χ0n) is 16.0. The number of carbonyl (C=O) groups is 2. The maximum absolute atomic E-state index is 12.5. The minimum atomic E-state index is -0.250. The topological polar surface area (TPSA) is 70.1 Å². The SMILES string of the molecule is COc1cccc(CN2CCN(C3CCC(C)(C)C3)CC2=O)c1.O=CO. The van der Waals surface area contributed by atoms with Gasteiger partial charge in [-0.3, -0.25) is 14.5 Å². The smallest absolute Gasteiger partial charge is 0.290 e. The monoisotopic (exact) mass is 362 g/mol. The second-order valence-corrected chi connectivity index (χ2v) is 7.80. The number of amides is 1. The van der Waals surface area contributed by atoms with Crippen molar-refractivity contribution in [1.29, 1.82) is 0 Å². The van der Waals surface area contributed by atoms with Crippen molar-refractivity contribution in [3.63, 3.8) is 0 Å². The Morgan fingerprint density at radius 1 is 1.35 bits per heavy atom. The van der Waals surface area contributed by atoms with Gasteiger partial charge in [0.15, 0.2) is 0 Å². The Hall–Kier alpha value is -2.08. The third kappa shape index (κ3) is 5.46. The summed E-state index contributed by atoms with van der Waals surface area (Å²) >= 11 is 0. The molecule has 26 heavy (non-hydrogen) atoms. The van der Waals surface area contributed by atoms with Crippen LogP contribution in [0.4, 0.5) is 0 Å². The van der Waals surface area contributed by atoms with Crippen LogP contribution in [0.1, 0.15) is 38.7 Å². The molecule has 0 bridgehead atoms. The molecule has 1 saturated heterocycles. The summed E-state index contributed by atoms with van der Waals surface area (Å²) in [5, 5.41) is 6.89. The minimum absolute atomic E-state index is 0.250. The number of nitrogens with zero attached hydrogens (tertiary/aromatic N) is 2. The maximum atomic E-state index is 12.5. The molecule has 1 aliphatic heterocycles. The van der Waals surface area contributed by atoms with E-state index in [1.165, 1.54) is 19.3 Å². The fraction of sp³-hybridized carbons (Fsp3) is 0.600. The van der Waals surface area contributed by atoms with Gasteiger partial charge in [0.05, 0.1) is 13.7 Å². The second-order valence-electron chi connectivity index (χ2n) is 7.80. The molecule has 3 rings (SSSR count). The molecule has 1 saturated carbocycles. The van der Waals surface area contributed by atoms with Crippen LogP contribution >= 0.6 is 0 Å². The fourth-order valence-corrected chi connectivity index (χ4v) is 3.91. The van der Waals surface area contributed by atoms with E-state index in [2.05, 4.69) is 24.8 Å². The summed E-state index contributed by atoms with van der Waals surface area (Å²) in [6.45, 7) is 7.51. The highest BCUT2D eigenvalue weighted by Gasteiger charge is 2.37. The Balaban J connectivity index is 0.000000758. The van der Waals surface area contributed by atoms with Gasteiger partial charge in [-0.15, -0.1) is 0 Å². The van der Waals surface area contributed by atoms with Crippen LogP contribution in [0, 0.1) is 5.41 Å². The number of carbonyl (C=O) groups excluding carboxylic acids is 1. The van der Waals surface area contributed by atoms with E-state index in [4.69, 9.17) is 14.6 Å². The van der Waals surface area contributed by atoms with Crippen LogP contribution in [0.2, 0.25) is 0 Å². The molecule has 6 nitrogen and oxygen atoms in total. The summed E-state index contributed by atoms with van der Waals surface area (Å²) in [5.74, 6) is 1.10. The summed E-state index contributed by atoms with van der Waals surface area (Å²) in [5.41, 5.74) is 1.57. The van der Waals surface area contributed by atoms with Crippen molar-refractivity contribution in [2.75, 3.05) is 26.7 Å². The molecule has 1 N–H and O–H groups in total. The van der Waals surface area contributed by atoms with Gasteiger partial charge in [0.2, 0.25) is 5.91 Å². The van der Waals surface area contributed by atoms with Crippen molar-refractivity contribution in [2.45, 2.75) is 45.7 Å². The van der Waals surface area contributed by atoms with E-state index in [9.17, 15) is 4.79 Å². The third-order valence-electron chi connectivity index (χ3n) is 5.31. The molecule has 1 aromatic rings. The zero-order valence-corrected chi connectivity index (χ0v) is 16.0. The van der Waals surface area contributed by atoms with Crippen LogP contribution in [-0.4, -0.2) is 60.1 Å². The molecule has 0 radical (unpaired) electrons. The van der Waals surface area contributed by atoms with Gasteiger partial charge in [0, 0.05) is 25.7 Å². The molecule has 1 amide bonds. The number of ether oxygens (including phenoxy) is 1. The normalized spacial score (nSPS) is 22.5. The first-order chi connectivity index (χ1) is 12.4. The Morgan fingerprint density at radius 2 is 2.08 bits per heavy atom. The largest absolute Gasteiger partial charge is 0.497 e. The maximum Gasteiger partial charge on any atom is 0.290 e. The Labute approximate surface area is 155 Å². The van der Waals surface area contributed by atoms with E-state index < -0.39 is 0 Å². The van der Waals surface area contributed by atoms with Crippen molar-refractivity contribution in [3.8, 4) is 5.75 Å². The molecule has 6 heteroatoms. The highest BCUT2D eigenvalue weighted by Crippen LogP contribution is 2.39. The zero-order chi connectivity index (χ0) is 19.2. The number of hydrogen-bond acceptors (Lipinski definition) is 4. The molecule has 2 aliphatic rings. The first kappa shape index (κ1) is 20.2. The van der Waals surface area contributed by atoms with Crippen molar-refractivity contribution in [1.82, 2.24) is 9.80 Å². The fourth-order valence-electron chi connectivity index (χ4n) is 3.91. The minimum Gasteiger partial charge on any atom is -0.497 e.